The highest BCUT2D eigenvalue weighted by atomic mass is 14.2. The van der Waals surface area contributed by atoms with E-state index in [1.807, 2.05) is 0 Å². The fourth-order valence-corrected chi connectivity index (χ4v) is 3.42. The minimum Gasteiger partial charge on any atom is -0.0622 e. The van der Waals surface area contributed by atoms with E-state index in [-0.39, 0.29) is 0 Å². The van der Waals surface area contributed by atoms with Crippen molar-refractivity contribution in [2.24, 2.45) is 0 Å². The molecule has 22 heavy (non-hydrogen) atoms. The van der Waals surface area contributed by atoms with E-state index in [9.17, 15) is 0 Å². The van der Waals surface area contributed by atoms with E-state index in [1.54, 1.807) is 0 Å². The van der Waals surface area contributed by atoms with Crippen molar-refractivity contribution in [2.75, 3.05) is 0 Å². The summed E-state index contributed by atoms with van der Waals surface area (Å²) in [6.45, 7) is 2.31. The fraction of sp³-hybridized carbons (Fsp3) is 0.0909. The van der Waals surface area contributed by atoms with Gasteiger partial charge in [-0.15, -0.1) is 0 Å². The van der Waals surface area contributed by atoms with Crippen LogP contribution >= 0.6 is 0 Å². The summed E-state index contributed by atoms with van der Waals surface area (Å²) >= 11 is 0. The van der Waals surface area contributed by atoms with Crippen molar-refractivity contribution in [3.8, 4) is 0 Å². The molecule has 0 aliphatic rings. The minimum absolute atomic E-state index is 0.372. The van der Waals surface area contributed by atoms with Gasteiger partial charge in [0.2, 0.25) is 0 Å². The molecule has 0 radical (unpaired) electrons. The van der Waals surface area contributed by atoms with Crippen molar-refractivity contribution in [3.05, 3.63) is 96.1 Å². The van der Waals surface area contributed by atoms with E-state index in [4.69, 9.17) is 0 Å². The lowest BCUT2D eigenvalue weighted by Crippen LogP contribution is -1.98. The van der Waals surface area contributed by atoms with Crippen LogP contribution < -0.4 is 0 Å². The Hall–Kier alpha value is -2.60. The molecule has 0 aliphatic carbocycles. The van der Waals surface area contributed by atoms with Gasteiger partial charge in [-0.05, 0) is 38.7 Å². The van der Waals surface area contributed by atoms with Crippen LogP contribution in [0, 0.1) is 0 Å². The molecule has 0 heteroatoms. The summed E-state index contributed by atoms with van der Waals surface area (Å²) in [5, 5.41) is 5.35. The molecule has 0 aromatic heterocycles. The van der Waals surface area contributed by atoms with Crippen molar-refractivity contribution < 1.29 is 0 Å². The summed E-state index contributed by atoms with van der Waals surface area (Å²) in [5.41, 5.74) is 2.80. The predicted octanol–water partition coefficient (Wildman–Crippen LogP) is 6.14. The van der Waals surface area contributed by atoms with E-state index in [1.165, 1.54) is 32.7 Å². The zero-order valence-electron chi connectivity index (χ0n) is 12.7. The van der Waals surface area contributed by atoms with E-state index >= 15 is 0 Å². The van der Waals surface area contributed by atoms with Crippen LogP contribution in [0.25, 0.3) is 21.5 Å². The second-order valence-electron chi connectivity index (χ2n) is 5.86. The lowest BCUT2D eigenvalue weighted by atomic mass is 9.85. The number of benzene rings is 4. The van der Waals surface area contributed by atoms with Crippen LogP contribution in [0.1, 0.15) is 24.0 Å². The first kappa shape index (κ1) is 13.1. The molecule has 4 aromatic rings. The molecule has 1 atom stereocenters. The summed E-state index contributed by atoms with van der Waals surface area (Å²) in [7, 11) is 0. The van der Waals surface area contributed by atoms with Gasteiger partial charge in [-0.3, -0.25) is 0 Å². The standard InChI is InChI=1S/C22H18/c1-16(17-9-3-2-4-10-17)22-20-13-7-5-11-18(20)15-19-12-6-8-14-21(19)22/h2-16H,1H3/t16-/m0/s1. The summed E-state index contributed by atoms with van der Waals surface area (Å²) in [4.78, 5) is 0. The highest BCUT2D eigenvalue weighted by molar-refractivity contribution is 6.03. The average Bonchev–Trinajstić information content (AvgIpc) is 2.60. The van der Waals surface area contributed by atoms with E-state index in [0.717, 1.165) is 0 Å². The molecule has 0 heterocycles. The normalized spacial score (nSPS) is 12.6. The molecule has 0 amide bonds. The molecule has 0 spiro atoms. The maximum absolute atomic E-state index is 2.31. The highest BCUT2D eigenvalue weighted by Gasteiger charge is 2.15. The molecule has 0 unspecified atom stereocenters. The third-order valence-electron chi connectivity index (χ3n) is 4.55. The molecule has 0 N–H and O–H groups in total. The Bertz CT molecular complexity index is 882. The molecule has 0 nitrogen and oxygen atoms in total. The maximum Gasteiger partial charge on any atom is 0.00733 e. The second kappa shape index (κ2) is 5.31. The van der Waals surface area contributed by atoms with Crippen LogP contribution in [0.3, 0.4) is 0 Å². The lowest BCUT2D eigenvalue weighted by Gasteiger charge is -2.18. The number of fused-ring (bicyclic) bond motifs is 2. The Morgan fingerprint density at radius 2 is 1.09 bits per heavy atom. The van der Waals surface area contributed by atoms with Gasteiger partial charge in [-0.25, -0.2) is 0 Å². The molecule has 0 fully saturated rings. The largest absolute Gasteiger partial charge is 0.0622 e. The SMILES string of the molecule is C[C@@H](c1ccccc1)c1c2ccccc2cc2ccccc12. The Kier molecular flexibility index (Phi) is 3.16. The van der Waals surface area contributed by atoms with Crippen molar-refractivity contribution in [1.29, 1.82) is 0 Å². The Labute approximate surface area is 131 Å². The number of hydrogen-bond acceptors (Lipinski definition) is 0. The zero-order chi connectivity index (χ0) is 14.9. The topological polar surface area (TPSA) is 0 Å². The molecule has 0 aliphatic heterocycles. The Balaban J connectivity index is 2.08. The van der Waals surface area contributed by atoms with Gasteiger partial charge in [0, 0.05) is 5.92 Å². The Morgan fingerprint density at radius 1 is 0.591 bits per heavy atom. The van der Waals surface area contributed by atoms with Gasteiger partial charge in [0.05, 0.1) is 0 Å². The number of hydrogen-bond donors (Lipinski definition) is 0. The summed E-state index contributed by atoms with van der Waals surface area (Å²) in [5.74, 6) is 0.372. The van der Waals surface area contributed by atoms with Gasteiger partial charge < -0.3 is 0 Å². The molecular weight excluding hydrogens is 264 g/mol. The van der Waals surface area contributed by atoms with Crippen molar-refractivity contribution in [2.45, 2.75) is 12.8 Å². The van der Waals surface area contributed by atoms with Gasteiger partial charge in [-0.2, -0.15) is 0 Å². The van der Waals surface area contributed by atoms with Crippen LogP contribution in [0.5, 0.6) is 0 Å². The van der Waals surface area contributed by atoms with Gasteiger partial charge in [0.25, 0.3) is 0 Å². The molecule has 0 saturated heterocycles. The average molecular weight is 282 g/mol. The van der Waals surface area contributed by atoms with Crippen LogP contribution in [0.15, 0.2) is 84.9 Å². The highest BCUT2D eigenvalue weighted by Crippen LogP contribution is 2.36. The molecular formula is C22H18. The third-order valence-corrected chi connectivity index (χ3v) is 4.55. The van der Waals surface area contributed by atoms with Crippen LogP contribution in [-0.4, -0.2) is 0 Å². The van der Waals surface area contributed by atoms with E-state index in [2.05, 4.69) is 91.9 Å². The quantitative estimate of drug-likeness (QED) is 0.387. The molecule has 4 rings (SSSR count). The minimum atomic E-state index is 0.372. The first-order valence-corrected chi connectivity index (χ1v) is 7.80. The first-order valence-electron chi connectivity index (χ1n) is 7.80. The predicted molar refractivity (Wildman–Crippen MR) is 95.4 cm³/mol. The van der Waals surface area contributed by atoms with Gasteiger partial charge in [0.1, 0.15) is 0 Å². The maximum atomic E-state index is 2.31. The third kappa shape index (κ3) is 2.08. The van der Waals surface area contributed by atoms with Gasteiger partial charge >= 0.3 is 0 Å². The number of rotatable bonds is 2. The van der Waals surface area contributed by atoms with Crippen molar-refractivity contribution >= 4 is 21.5 Å². The molecule has 106 valence electrons. The second-order valence-corrected chi connectivity index (χ2v) is 5.86. The smallest absolute Gasteiger partial charge is 0.00733 e. The summed E-state index contributed by atoms with van der Waals surface area (Å²) in [6, 6.07) is 30.5. The van der Waals surface area contributed by atoms with Crippen LogP contribution in [-0.2, 0) is 0 Å². The van der Waals surface area contributed by atoms with E-state index < -0.39 is 0 Å². The van der Waals surface area contributed by atoms with Crippen LogP contribution in [0.4, 0.5) is 0 Å². The zero-order valence-corrected chi connectivity index (χ0v) is 12.7. The van der Waals surface area contributed by atoms with Gasteiger partial charge in [0.15, 0.2) is 0 Å². The lowest BCUT2D eigenvalue weighted by molar-refractivity contribution is 0.943. The van der Waals surface area contributed by atoms with Crippen molar-refractivity contribution in [1.82, 2.24) is 0 Å². The van der Waals surface area contributed by atoms with Crippen LogP contribution in [0.2, 0.25) is 0 Å². The fourth-order valence-electron chi connectivity index (χ4n) is 3.42. The summed E-state index contributed by atoms with van der Waals surface area (Å²) < 4.78 is 0. The molecule has 4 aromatic carbocycles. The Morgan fingerprint density at radius 3 is 1.68 bits per heavy atom. The summed E-state index contributed by atoms with van der Waals surface area (Å²) in [6.07, 6.45) is 0. The van der Waals surface area contributed by atoms with Crippen molar-refractivity contribution in [3.63, 3.8) is 0 Å². The van der Waals surface area contributed by atoms with Gasteiger partial charge in [-0.1, -0.05) is 85.8 Å². The monoisotopic (exact) mass is 282 g/mol. The first-order chi connectivity index (χ1) is 10.8. The molecule has 0 bridgehead atoms. The molecule has 0 saturated carbocycles. The van der Waals surface area contributed by atoms with E-state index in [0.29, 0.717) is 5.92 Å².